The normalized spacial score (nSPS) is 9.95. The van der Waals surface area contributed by atoms with Gasteiger partial charge in [-0.05, 0) is 12.1 Å². The molecule has 0 aromatic heterocycles. The number of phenolic OH excluding ortho intramolecular Hbond substituents is 1. The van der Waals surface area contributed by atoms with Crippen LogP contribution in [0.2, 0.25) is 0 Å². The van der Waals surface area contributed by atoms with E-state index < -0.39 is 11.9 Å². The Morgan fingerprint density at radius 2 is 1.76 bits per heavy atom. The Hall–Kier alpha value is -3.02. The molecule has 108 valence electrons. The number of rotatable bonds is 3. The number of hydrogen-bond acceptors (Lipinski definition) is 6. The topological polar surface area (TPSA) is 98.9 Å². The van der Waals surface area contributed by atoms with Crippen LogP contribution < -0.4 is 15.2 Å². The maximum absolute atomic E-state index is 12.0. The van der Waals surface area contributed by atoms with E-state index in [1.54, 1.807) is 30.3 Å². The fourth-order valence-electron chi connectivity index (χ4n) is 1.65. The molecule has 2 aromatic carbocycles. The summed E-state index contributed by atoms with van der Waals surface area (Å²) in [5.41, 5.74) is 5.73. The first-order valence-corrected chi connectivity index (χ1v) is 6.05. The number of nitrogens with two attached hydrogens (primary N) is 1. The molecule has 0 spiro atoms. The molecule has 2 aromatic rings. The summed E-state index contributed by atoms with van der Waals surface area (Å²) in [6, 6.07) is 10.7. The second-order valence-electron chi connectivity index (χ2n) is 4.20. The number of hydrogen-bond donors (Lipinski definition) is 2. The number of phenols is 1. The lowest BCUT2D eigenvalue weighted by Gasteiger charge is -2.10. The lowest BCUT2D eigenvalue weighted by atomic mass is 10.1. The van der Waals surface area contributed by atoms with Gasteiger partial charge in [0.2, 0.25) is 0 Å². The highest BCUT2D eigenvalue weighted by Gasteiger charge is 2.17. The SMILES string of the molecule is CC(=O)Oc1cc(N)c(C(=O)Oc2ccccc2)cc1O. The molecule has 0 aliphatic heterocycles. The summed E-state index contributed by atoms with van der Waals surface area (Å²) < 4.78 is 9.88. The number of benzene rings is 2. The summed E-state index contributed by atoms with van der Waals surface area (Å²) in [6.07, 6.45) is 0. The third-order valence-corrected chi connectivity index (χ3v) is 2.56. The van der Waals surface area contributed by atoms with Crippen LogP contribution in [-0.4, -0.2) is 17.0 Å². The molecule has 0 fully saturated rings. The predicted octanol–water partition coefficient (Wildman–Crippen LogP) is 2.12. The third kappa shape index (κ3) is 3.50. The van der Waals surface area contributed by atoms with Crippen LogP contribution in [0.15, 0.2) is 42.5 Å². The average Bonchev–Trinajstić information content (AvgIpc) is 2.43. The van der Waals surface area contributed by atoms with Crippen molar-refractivity contribution in [2.75, 3.05) is 5.73 Å². The van der Waals surface area contributed by atoms with E-state index in [1.165, 1.54) is 13.0 Å². The van der Waals surface area contributed by atoms with Crippen LogP contribution in [0.4, 0.5) is 5.69 Å². The molecule has 0 amide bonds. The summed E-state index contributed by atoms with van der Waals surface area (Å²) in [5.74, 6) is -1.46. The van der Waals surface area contributed by atoms with Gasteiger partial charge < -0.3 is 20.3 Å². The van der Waals surface area contributed by atoms with E-state index >= 15 is 0 Å². The molecule has 21 heavy (non-hydrogen) atoms. The molecule has 0 unspecified atom stereocenters. The van der Waals surface area contributed by atoms with Gasteiger partial charge >= 0.3 is 11.9 Å². The second-order valence-corrected chi connectivity index (χ2v) is 4.20. The zero-order chi connectivity index (χ0) is 15.4. The minimum atomic E-state index is -0.719. The predicted molar refractivity (Wildman–Crippen MR) is 75.2 cm³/mol. The molecule has 0 radical (unpaired) electrons. The molecule has 6 nitrogen and oxygen atoms in total. The molecule has 0 aliphatic rings. The van der Waals surface area contributed by atoms with Gasteiger partial charge in [-0.1, -0.05) is 18.2 Å². The Balaban J connectivity index is 2.26. The van der Waals surface area contributed by atoms with Crippen LogP contribution in [-0.2, 0) is 4.79 Å². The van der Waals surface area contributed by atoms with E-state index in [0.29, 0.717) is 5.75 Å². The molecule has 0 atom stereocenters. The van der Waals surface area contributed by atoms with Crippen LogP contribution in [0.1, 0.15) is 17.3 Å². The summed E-state index contributed by atoms with van der Waals surface area (Å²) in [5, 5.41) is 9.74. The molecule has 0 heterocycles. The molecule has 0 aliphatic carbocycles. The Bertz CT molecular complexity index is 682. The fourth-order valence-corrected chi connectivity index (χ4v) is 1.65. The molecular formula is C15H13NO5. The minimum Gasteiger partial charge on any atom is -0.504 e. The molecule has 2 rings (SSSR count). The van der Waals surface area contributed by atoms with Crippen LogP contribution in [0.25, 0.3) is 0 Å². The van der Waals surface area contributed by atoms with Crippen molar-refractivity contribution in [2.24, 2.45) is 0 Å². The first-order chi connectivity index (χ1) is 9.97. The first-order valence-electron chi connectivity index (χ1n) is 6.05. The van der Waals surface area contributed by atoms with Gasteiger partial charge in [0.25, 0.3) is 0 Å². The summed E-state index contributed by atoms with van der Waals surface area (Å²) in [4.78, 5) is 22.9. The maximum Gasteiger partial charge on any atom is 0.345 e. The van der Waals surface area contributed by atoms with Crippen molar-refractivity contribution in [3.63, 3.8) is 0 Å². The minimum absolute atomic E-state index is 0.0211. The highest BCUT2D eigenvalue weighted by molar-refractivity contribution is 5.97. The maximum atomic E-state index is 12.0. The number of anilines is 1. The van der Waals surface area contributed by atoms with Crippen molar-refractivity contribution in [3.05, 3.63) is 48.0 Å². The first kappa shape index (κ1) is 14.4. The van der Waals surface area contributed by atoms with Gasteiger partial charge in [-0.3, -0.25) is 4.79 Å². The Morgan fingerprint density at radius 3 is 2.38 bits per heavy atom. The van der Waals surface area contributed by atoms with E-state index in [9.17, 15) is 14.7 Å². The monoisotopic (exact) mass is 287 g/mol. The number of carbonyl (C=O) groups is 2. The van der Waals surface area contributed by atoms with Crippen molar-refractivity contribution in [1.29, 1.82) is 0 Å². The molecular weight excluding hydrogens is 274 g/mol. The van der Waals surface area contributed by atoms with Gasteiger partial charge in [-0.25, -0.2) is 4.79 Å². The Morgan fingerprint density at radius 1 is 1.10 bits per heavy atom. The number of aromatic hydroxyl groups is 1. The largest absolute Gasteiger partial charge is 0.504 e. The molecule has 0 saturated carbocycles. The van der Waals surface area contributed by atoms with Crippen molar-refractivity contribution >= 4 is 17.6 Å². The van der Waals surface area contributed by atoms with Crippen molar-refractivity contribution in [1.82, 2.24) is 0 Å². The zero-order valence-corrected chi connectivity index (χ0v) is 11.2. The number of carbonyl (C=O) groups excluding carboxylic acids is 2. The average molecular weight is 287 g/mol. The standard InChI is InChI=1S/C15H13NO5/c1-9(17)20-14-8-12(16)11(7-13(14)18)15(19)21-10-5-3-2-4-6-10/h2-8,18H,16H2,1H3. The lowest BCUT2D eigenvalue weighted by molar-refractivity contribution is -0.132. The molecule has 0 saturated heterocycles. The van der Waals surface area contributed by atoms with Gasteiger partial charge in [0.1, 0.15) is 5.75 Å². The van der Waals surface area contributed by atoms with Gasteiger partial charge in [0.05, 0.1) is 11.3 Å². The van der Waals surface area contributed by atoms with E-state index in [0.717, 1.165) is 6.07 Å². The molecule has 6 heteroatoms. The van der Waals surface area contributed by atoms with Crippen LogP contribution in [0.5, 0.6) is 17.2 Å². The van der Waals surface area contributed by atoms with Crippen LogP contribution in [0, 0.1) is 0 Å². The Labute approximate surface area is 120 Å². The molecule has 3 N–H and O–H groups in total. The van der Waals surface area contributed by atoms with Crippen molar-refractivity contribution in [3.8, 4) is 17.2 Å². The van der Waals surface area contributed by atoms with Gasteiger partial charge in [0.15, 0.2) is 11.5 Å². The highest BCUT2D eigenvalue weighted by Crippen LogP contribution is 2.32. The van der Waals surface area contributed by atoms with Crippen LogP contribution in [0.3, 0.4) is 0 Å². The number of esters is 2. The smallest absolute Gasteiger partial charge is 0.345 e. The molecule has 0 bridgehead atoms. The Kier molecular flexibility index (Phi) is 4.08. The van der Waals surface area contributed by atoms with Crippen molar-refractivity contribution in [2.45, 2.75) is 6.92 Å². The fraction of sp³-hybridized carbons (Fsp3) is 0.0667. The van der Waals surface area contributed by atoms with Gasteiger partial charge in [0, 0.05) is 19.1 Å². The third-order valence-electron chi connectivity index (χ3n) is 2.56. The quantitative estimate of drug-likeness (QED) is 0.388. The second kappa shape index (κ2) is 5.96. The highest BCUT2D eigenvalue weighted by atomic mass is 16.5. The summed E-state index contributed by atoms with van der Waals surface area (Å²) >= 11 is 0. The van der Waals surface area contributed by atoms with E-state index in [2.05, 4.69) is 0 Å². The number of para-hydroxylation sites is 1. The van der Waals surface area contributed by atoms with E-state index in [4.69, 9.17) is 15.2 Å². The van der Waals surface area contributed by atoms with E-state index in [-0.39, 0.29) is 22.7 Å². The van der Waals surface area contributed by atoms with Crippen LogP contribution >= 0.6 is 0 Å². The zero-order valence-electron chi connectivity index (χ0n) is 11.2. The number of ether oxygens (including phenoxy) is 2. The van der Waals surface area contributed by atoms with Gasteiger partial charge in [-0.2, -0.15) is 0 Å². The number of nitrogen functional groups attached to an aromatic ring is 1. The van der Waals surface area contributed by atoms with Crippen molar-refractivity contribution < 1.29 is 24.2 Å². The van der Waals surface area contributed by atoms with E-state index in [1.807, 2.05) is 0 Å². The van der Waals surface area contributed by atoms with Gasteiger partial charge in [-0.15, -0.1) is 0 Å². The summed E-state index contributed by atoms with van der Waals surface area (Å²) in [6.45, 7) is 1.19. The summed E-state index contributed by atoms with van der Waals surface area (Å²) in [7, 11) is 0. The lowest BCUT2D eigenvalue weighted by Crippen LogP contribution is -2.12.